The van der Waals surface area contributed by atoms with Crippen LogP contribution in [-0.4, -0.2) is 26.9 Å². The van der Waals surface area contributed by atoms with Crippen LogP contribution in [0.25, 0.3) is 0 Å². The molecule has 0 N–H and O–H groups in total. The molecule has 1 atom stereocenters. The monoisotopic (exact) mass is 337 g/mol. The number of hydrogen-bond donors (Lipinski definition) is 0. The molecule has 24 heavy (non-hydrogen) atoms. The number of benzene rings is 1. The summed E-state index contributed by atoms with van der Waals surface area (Å²) in [5.74, 6) is -0.0439. The van der Waals surface area contributed by atoms with Crippen LogP contribution in [0.2, 0.25) is 0 Å². The SMILES string of the molecule is O=C(Cn1ccnc1)N1CCCCC1c1ccc(C(F)(F)F)cc1. The molecule has 0 saturated carbocycles. The molecule has 1 aromatic heterocycles. The Kier molecular flexibility index (Phi) is 4.59. The molecule has 128 valence electrons. The van der Waals surface area contributed by atoms with E-state index in [-0.39, 0.29) is 18.5 Å². The first-order valence-electron chi connectivity index (χ1n) is 7.87. The Morgan fingerprint density at radius 3 is 2.58 bits per heavy atom. The van der Waals surface area contributed by atoms with E-state index in [0.29, 0.717) is 6.54 Å². The fourth-order valence-corrected chi connectivity index (χ4v) is 3.10. The zero-order valence-corrected chi connectivity index (χ0v) is 13.0. The molecule has 0 aliphatic carbocycles. The third-order valence-electron chi connectivity index (χ3n) is 4.32. The van der Waals surface area contributed by atoms with Crippen molar-refractivity contribution in [3.05, 3.63) is 54.1 Å². The van der Waals surface area contributed by atoms with Crippen molar-refractivity contribution < 1.29 is 18.0 Å². The number of carbonyl (C=O) groups excluding carboxylic acids is 1. The second kappa shape index (κ2) is 6.67. The number of nitrogens with zero attached hydrogens (tertiary/aromatic N) is 3. The summed E-state index contributed by atoms with van der Waals surface area (Å²) in [6.45, 7) is 0.816. The number of piperidine rings is 1. The molecule has 1 unspecified atom stereocenters. The number of aromatic nitrogens is 2. The maximum absolute atomic E-state index is 12.7. The Hall–Kier alpha value is -2.31. The second-order valence-corrected chi connectivity index (χ2v) is 5.95. The molecule has 0 spiro atoms. The number of hydrogen-bond acceptors (Lipinski definition) is 2. The molecular formula is C17H18F3N3O. The molecule has 1 amide bonds. The lowest BCUT2D eigenvalue weighted by atomic mass is 9.94. The first-order valence-corrected chi connectivity index (χ1v) is 7.87. The van der Waals surface area contributed by atoms with E-state index in [4.69, 9.17) is 0 Å². The Morgan fingerprint density at radius 2 is 1.96 bits per heavy atom. The Morgan fingerprint density at radius 1 is 1.21 bits per heavy atom. The van der Waals surface area contributed by atoms with Gasteiger partial charge in [0.15, 0.2) is 0 Å². The average Bonchev–Trinajstić information content (AvgIpc) is 3.07. The molecule has 4 nitrogen and oxygen atoms in total. The molecule has 1 aliphatic heterocycles. The van der Waals surface area contributed by atoms with Crippen molar-refractivity contribution in [1.82, 2.24) is 14.5 Å². The second-order valence-electron chi connectivity index (χ2n) is 5.95. The van der Waals surface area contributed by atoms with E-state index in [1.54, 1.807) is 28.2 Å². The quantitative estimate of drug-likeness (QED) is 0.857. The number of halogens is 3. The molecule has 0 bridgehead atoms. The van der Waals surface area contributed by atoms with Gasteiger partial charge in [0.05, 0.1) is 17.9 Å². The molecule has 3 rings (SSSR count). The number of alkyl halides is 3. The van der Waals surface area contributed by atoms with Crippen LogP contribution in [0.3, 0.4) is 0 Å². The zero-order valence-electron chi connectivity index (χ0n) is 13.0. The predicted molar refractivity (Wildman–Crippen MR) is 82.0 cm³/mol. The van der Waals surface area contributed by atoms with Gasteiger partial charge in [-0.25, -0.2) is 4.98 Å². The predicted octanol–water partition coefficient (Wildman–Crippen LogP) is 3.66. The van der Waals surface area contributed by atoms with Gasteiger partial charge in [0.25, 0.3) is 0 Å². The molecular weight excluding hydrogens is 319 g/mol. The molecule has 0 radical (unpaired) electrons. The van der Waals surface area contributed by atoms with Crippen molar-refractivity contribution in [3.63, 3.8) is 0 Å². The summed E-state index contributed by atoms with van der Waals surface area (Å²) in [4.78, 5) is 18.3. The smallest absolute Gasteiger partial charge is 0.334 e. The van der Waals surface area contributed by atoms with E-state index in [1.807, 2.05) is 0 Å². The Bertz CT molecular complexity index is 680. The molecule has 7 heteroatoms. The highest BCUT2D eigenvalue weighted by atomic mass is 19.4. The lowest BCUT2D eigenvalue weighted by molar-refractivity contribution is -0.138. The summed E-state index contributed by atoms with van der Waals surface area (Å²) in [6.07, 6.45) is 3.19. The maximum atomic E-state index is 12.7. The van der Waals surface area contributed by atoms with Crippen molar-refractivity contribution in [2.75, 3.05) is 6.54 Å². The first kappa shape index (κ1) is 16.5. The summed E-state index contributed by atoms with van der Waals surface area (Å²) < 4.78 is 39.8. The summed E-state index contributed by atoms with van der Waals surface area (Å²) >= 11 is 0. The van der Waals surface area contributed by atoms with E-state index < -0.39 is 11.7 Å². The maximum Gasteiger partial charge on any atom is 0.416 e. The van der Waals surface area contributed by atoms with E-state index in [1.165, 1.54) is 12.1 Å². The molecule has 1 aliphatic rings. The third kappa shape index (κ3) is 3.60. The minimum absolute atomic E-state index is 0.0439. The van der Waals surface area contributed by atoms with Crippen LogP contribution in [0, 0.1) is 0 Å². The van der Waals surface area contributed by atoms with Crippen LogP contribution in [0.1, 0.15) is 36.4 Å². The van der Waals surface area contributed by atoms with Crippen LogP contribution in [0.4, 0.5) is 13.2 Å². The average molecular weight is 337 g/mol. The van der Waals surface area contributed by atoms with Crippen LogP contribution < -0.4 is 0 Å². The van der Waals surface area contributed by atoms with Gasteiger partial charge in [0.1, 0.15) is 6.54 Å². The standard InChI is InChI=1S/C17H18F3N3O/c18-17(19,20)14-6-4-13(5-7-14)15-3-1-2-9-23(15)16(24)11-22-10-8-21-12-22/h4-8,10,12,15H,1-3,9,11H2. The topological polar surface area (TPSA) is 38.1 Å². The minimum atomic E-state index is -4.35. The van der Waals surface area contributed by atoms with E-state index in [0.717, 1.165) is 37.0 Å². The van der Waals surface area contributed by atoms with Gasteiger partial charge in [-0.2, -0.15) is 13.2 Å². The van der Waals surface area contributed by atoms with Gasteiger partial charge in [-0.1, -0.05) is 12.1 Å². The molecule has 1 aromatic carbocycles. The molecule has 2 heterocycles. The zero-order chi connectivity index (χ0) is 17.2. The van der Waals surface area contributed by atoms with Gasteiger partial charge in [0, 0.05) is 18.9 Å². The highest BCUT2D eigenvalue weighted by molar-refractivity contribution is 5.76. The van der Waals surface area contributed by atoms with Gasteiger partial charge < -0.3 is 9.47 Å². The van der Waals surface area contributed by atoms with Crippen LogP contribution in [0.5, 0.6) is 0 Å². The summed E-state index contributed by atoms with van der Waals surface area (Å²) in [7, 11) is 0. The lowest BCUT2D eigenvalue weighted by Gasteiger charge is -2.36. The van der Waals surface area contributed by atoms with E-state index in [9.17, 15) is 18.0 Å². The number of amides is 1. The van der Waals surface area contributed by atoms with Crippen LogP contribution in [0.15, 0.2) is 43.0 Å². The number of rotatable bonds is 3. The molecule has 1 fully saturated rings. The van der Waals surface area contributed by atoms with Gasteiger partial charge >= 0.3 is 6.18 Å². The van der Waals surface area contributed by atoms with Gasteiger partial charge in [-0.3, -0.25) is 4.79 Å². The highest BCUT2D eigenvalue weighted by Gasteiger charge is 2.32. The fourth-order valence-electron chi connectivity index (χ4n) is 3.10. The summed E-state index contributed by atoms with van der Waals surface area (Å²) in [5, 5.41) is 0. The lowest BCUT2D eigenvalue weighted by Crippen LogP contribution is -2.40. The van der Waals surface area contributed by atoms with E-state index in [2.05, 4.69) is 4.98 Å². The van der Waals surface area contributed by atoms with Crippen molar-refractivity contribution in [3.8, 4) is 0 Å². The fraction of sp³-hybridized carbons (Fsp3) is 0.412. The van der Waals surface area contributed by atoms with Crippen molar-refractivity contribution in [1.29, 1.82) is 0 Å². The molecule has 2 aromatic rings. The van der Waals surface area contributed by atoms with Crippen LogP contribution >= 0.6 is 0 Å². The van der Waals surface area contributed by atoms with Gasteiger partial charge in [0.2, 0.25) is 5.91 Å². The van der Waals surface area contributed by atoms with Crippen LogP contribution in [-0.2, 0) is 17.5 Å². The normalized spacial score (nSPS) is 18.6. The Labute approximate surface area is 137 Å². The van der Waals surface area contributed by atoms with Crippen molar-refractivity contribution >= 4 is 5.91 Å². The largest absolute Gasteiger partial charge is 0.416 e. The van der Waals surface area contributed by atoms with Crippen molar-refractivity contribution in [2.24, 2.45) is 0 Å². The summed E-state index contributed by atoms with van der Waals surface area (Å²) in [6, 6.07) is 4.97. The summed E-state index contributed by atoms with van der Waals surface area (Å²) in [5.41, 5.74) is 0.0834. The highest BCUT2D eigenvalue weighted by Crippen LogP contribution is 2.34. The van der Waals surface area contributed by atoms with E-state index >= 15 is 0 Å². The number of likely N-dealkylation sites (tertiary alicyclic amines) is 1. The van der Waals surface area contributed by atoms with Gasteiger partial charge in [-0.15, -0.1) is 0 Å². The van der Waals surface area contributed by atoms with Crippen molar-refractivity contribution in [2.45, 2.75) is 38.0 Å². The first-order chi connectivity index (χ1) is 11.4. The minimum Gasteiger partial charge on any atom is -0.334 e. The molecule has 1 saturated heterocycles. The number of imidazole rings is 1. The number of carbonyl (C=O) groups is 1. The Balaban J connectivity index is 1.78. The van der Waals surface area contributed by atoms with Gasteiger partial charge in [-0.05, 0) is 37.0 Å². The third-order valence-corrected chi connectivity index (χ3v) is 4.32.